The van der Waals surface area contributed by atoms with Gasteiger partial charge in [-0.05, 0) is 12.1 Å². The number of carbonyl (C=O) groups excluding carboxylic acids is 1. The molecule has 0 radical (unpaired) electrons. The maximum atomic E-state index is 11.4. The Balaban J connectivity index is 3.42. The molecule has 0 heterocycles. The molecule has 0 saturated heterocycles. The molecule has 0 unspecified atom stereocenters. The van der Waals surface area contributed by atoms with E-state index in [0.29, 0.717) is 0 Å². The van der Waals surface area contributed by atoms with E-state index in [1.54, 1.807) is 0 Å². The molecule has 0 fully saturated rings. The fourth-order valence-electron chi connectivity index (χ4n) is 1.12. The molecule has 0 amide bonds. The van der Waals surface area contributed by atoms with Crippen molar-refractivity contribution in [3.05, 3.63) is 27.7 Å². The highest BCUT2D eigenvalue weighted by Gasteiger charge is 2.19. The fourth-order valence-corrected chi connectivity index (χ4v) is 2.12. The summed E-state index contributed by atoms with van der Waals surface area (Å²) in [5, 5.41) is 0.0745. The van der Waals surface area contributed by atoms with Crippen LogP contribution >= 0.6 is 23.2 Å². The lowest BCUT2D eigenvalue weighted by molar-refractivity contribution is 0.0602. The minimum Gasteiger partial charge on any atom is -0.465 e. The second kappa shape index (κ2) is 5.12. The number of methoxy groups -OCH3 is 1. The van der Waals surface area contributed by atoms with E-state index in [-0.39, 0.29) is 21.3 Å². The van der Waals surface area contributed by atoms with Crippen molar-refractivity contribution in [1.82, 2.24) is 0 Å². The molecule has 5 nitrogen and oxygen atoms in total. The van der Waals surface area contributed by atoms with Crippen molar-refractivity contribution in [3.63, 3.8) is 0 Å². The standard InChI is InChI=1S/C9H9Cl2NO4S/c1-16-9(13)5-3-4-6(10)7(11)8(5)12-17(2,14)15/h3-4,12H,1-2H3. The predicted molar refractivity (Wildman–Crippen MR) is 66.3 cm³/mol. The number of ether oxygens (including phenoxy) is 1. The van der Waals surface area contributed by atoms with Gasteiger partial charge in [0.15, 0.2) is 0 Å². The first-order chi connectivity index (χ1) is 7.76. The number of carbonyl (C=O) groups is 1. The first-order valence-electron chi connectivity index (χ1n) is 4.30. The second-order valence-electron chi connectivity index (χ2n) is 3.15. The number of halogens is 2. The zero-order chi connectivity index (χ0) is 13.2. The molecular formula is C9H9Cl2NO4S. The summed E-state index contributed by atoms with van der Waals surface area (Å²) in [5.41, 5.74) is -0.0964. The molecule has 0 aliphatic heterocycles. The molecule has 0 aliphatic carbocycles. The van der Waals surface area contributed by atoms with Crippen molar-refractivity contribution >= 4 is 44.9 Å². The topological polar surface area (TPSA) is 72.5 Å². The Labute approximate surface area is 109 Å². The van der Waals surface area contributed by atoms with Gasteiger partial charge in [-0.25, -0.2) is 13.2 Å². The van der Waals surface area contributed by atoms with Gasteiger partial charge in [0, 0.05) is 0 Å². The number of esters is 1. The van der Waals surface area contributed by atoms with Crippen molar-refractivity contribution in [3.8, 4) is 0 Å². The van der Waals surface area contributed by atoms with Gasteiger partial charge < -0.3 is 4.74 Å². The summed E-state index contributed by atoms with van der Waals surface area (Å²) in [4.78, 5) is 11.4. The third-order valence-electron chi connectivity index (χ3n) is 1.79. The van der Waals surface area contributed by atoms with E-state index in [1.165, 1.54) is 19.2 Å². The smallest absolute Gasteiger partial charge is 0.340 e. The first kappa shape index (κ1) is 14.1. The fraction of sp³-hybridized carbons (Fsp3) is 0.222. The molecule has 8 heteroatoms. The Morgan fingerprint density at radius 2 is 1.94 bits per heavy atom. The number of hydrogen-bond donors (Lipinski definition) is 1. The van der Waals surface area contributed by atoms with Crippen LogP contribution in [0.15, 0.2) is 12.1 Å². The van der Waals surface area contributed by atoms with Crippen molar-refractivity contribution < 1.29 is 17.9 Å². The normalized spacial score (nSPS) is 11.1. The zero-order valence-electron chi connectivity index (χ0n) is 8.95. The highest BCUT2D eigenvalue weighted by molar-refractivity contribution is 7.92. The minimum atomic E-state index is -3.58. The number of anilines is 1. The summed E-state index contributed by atoms with van der Waals surface area (Å²) in [6.07, 6.45) is 0.936. The lowest BCUT2D eigenvalue weighted by atomic mass is 10.2. The van der Waals surface area contributed by atoms with Crippen LogP contribution in [-0.2, 0) is 14.8 Å². The highest BCUT2D eigenvalue weighted by atomic mass is 35.5. The largest absolute Gasteiger partial charge is 0.465 e. The van der Waals surface area contributed by atoms with Crippen LogP contribution in [-0.4, -0.2) is 27.8 Å². The van der Waals surface area contributed by atoms with Gasteiger partial charge in [-0.3, -0.25) is 4.72 Å². The first-order valence-corrected chi connectivity index (χ1v) is 6.95. The molecule has 0 bridgehead atoms. The molecule has 0 saturated carbocycles. The number of rotatable bonds is 3. The molecular weight excluding hydrogens is 289 g/mol. The molecule has 1 aromatic rings. The number of hydrogen-bond acceptors (Lipinski definition) is 4. The van der Waals surface area contributed by atoms with Crippen molar-refractivity contribution in [1.29, 1.82) is 0 Å². The van der Waals surface area contributed by atoms with E-state index in [1.807, 2.05) is 0 Å². The Bertz CT molecular complexity index is 556. The van der Waals surface area contributed by atoms with Gasteiger partial charge in [0.2, 0.25) is 10.0 Å². The second-order valence-corrected chi connectivity index (χ2v) is 5.68. The molecule has 0 spiro atoms. The molecule has 0 atom stereocenters. The summed E-state index contributed by atoms with van der Waals surface area (Å²) < 4.78 is 29.0. The Morgan fingerprint density at radius 1 is 1.35 bits per heavy atom. The van der Waals surface area contributed by atoms with Crippen LogP contribution in [0.4, 0.5) is 5.69 Å². The monoisotopic (exact) mass is 297 g/mol. The van der Waals surface area contributed by atoms with Gasteiger partial charge in [0.05, 0.1) is 34.7 Å². The van der Waals surface area contributed by atoms with Crippen LogP contribution in [0.1, 0.15) is 10.4 Å². The van der Waals surface area contributed by atoms with Crippen LogP contribution in [0.3, 0.4) is 0 Å². The zero-order valence-corrected chi connectivity index (χ0v) is 11.3. The molecule has 0 aromatic heterocycles. The van der Waals surface area contributed by atoms with Crippen molar-refractivity contribution in [2.75, 3.05) is 18.1 Å². The van der Waals surface area contributed by atoms with Crippen LogP contribution < -0.4 is 4.72 Å². The predicted octanol–water partition coefficient (Wildman–Crippen LogP) is 2.15. The molecule has 1 aromatic carbocycles. The van der Waals surface area contributed by atoms with Gasteiger partial charge in [-0.15, -0.1) is 0 Å². The third kappa shape index (κ3) is 3.49. The summed E-state index contributed by atoms with van der Waals surface area (Å²) in [7, 11) is -2.41. The van der Waals surface area contributed by atoms with E-state index >= 15 is 0 Å². The Morgan fingerprint density at radius 3 is 2.41 bits per heavy atom. The van der Waals surface area contributed by atoms with Gasteiger partial charge in [0.25, 0.3) is 0 Å². The lowest BCUT2D eigenvalue weighted by Crippen LogP contribution is -2.14. The van der Waals surface area contributed by atoms with Crippen LogP contribution in [0.25, 0.3) is 0 Å². The average molecular weight is 298 g/mol. The highest BCUT2D eigenvalue weighted by Crippen LogP contribution is 2.34. The summed E-state index contributed by atoms with van der Waals surface area (Å²) in [6, 6.07) is 2.71. The van der Waals surface area contributed by atoms with E-state index in [0.717, 1.165) is 6.26 Å². The Hall–Kier alpha value is -0.980. The van der Waals surface area contributed by atoms with Gasteiger partial charge in [0.1, 0.15) is 0 Å². The lowest BCUT2D eigenvalue weighted by Gasteiger charge is -2.11. The van der Waals surface area contributed by atoms with E-state index in [9.17, 15) is 13.2 Å². The Kier molecular flexibility index (Phi) is 4.24. The van der Waals surface area contributed by atoms with Crippen LogP contribution in [0.2, 0.25) is 10.0 Å². The number of sulfonamides is 1. The maximum Gasteiger partial charge on any atom is 0.340 e. The quantitative estimate of drug-likeness (QED) is 0.868. The van der Waals surface area contributed by atoms with Crippen molar-refractivity contribution in [2.45, 2.75) is 0 Å². The number of benzene rings is 1. The SMILES string of the molecule is COC(=O)c1ccc(Cl)c(Cl)c1NS(C)(=O)=O. The molecule has 1 rings (SSSR count). The average Bonchev–Trinajstić information content (AvgIpc) is 2.22. The summed E-state index contributed by atoms with van der Waals surface area (Å²) in [6.45, 7) is 0. The van der Waals surface area contributed by atoms with Gasteiger partial charge in [-0.2, -0.15) is 0 Å². The van der Waals surface area contributed by atoms with Gasteiger partial charge in [-0.1, -0.05) is 23.2 Å². The van der Waals surface area contributed by atoms with E-state index in [4.69, 9.17) is 23.2 Å². The summed E-state index contributed by atoms with van der Waals surface area (Å²) in [5.74, 6) is -0.713. The van der Waals surface area contributed by atoms with Crippen LogP contribution in [0.5, 0.6) is 0 Å². The van der Waals surface area contributed by atoms with E-state index < -0.39 is 16.0 Å². The maximum absolute atomic E-state index is 11.4. The molecule has 1 N–H and O–H groups in total. The van der Waals surface area contributed by atoms with Crippen LogP contribution in [0, 0.1) is 0 Å². The minimum absolute atomic E-state index is 0.00711. The number of nitrogens with one attached hydrogen (secondary N) is 1. The summed E-state index contributed by atoms with van der Waals surface area (Å²) >= 11 is 11.6. The molecule has 0 aliphatic rings. The third-order valence-corrected chi connectivity index (χ3v) is 3.17. The molecule has 17 heavy (non-hydrogen) atoms. The van der Waals surface area contributed by atoms with Gasteiger partial charge >= 0.3 is 5.97 Å². The molecule has 94 valence electrons. The van der Waals surface area contributed by atoms with Crippen molar-refractivity contribution in [2.24, 2.45) is 0 Å². The van der Waals surface area contributed by atoms with E-state index in [2.05, 4.69) is 9.46 Å².